The number of rotatable bonds is 2. The molecule has 0 aromatic heterocycles. The lowest BCUT2D eigenvalue weighted by Crippen LogP contribution is -2.42. The van der Waals surface area contributed by atoms with Gasteiger partial charge >= 0.3 is 0 Å². The summed E-state index contributed by atoms with van der Waals surface area (Å²) in [6.07, 6.45) is 0. The average Bonchev–Trinajstić information content (AvgIpc) is 1.90. The van der Waals surface area contributed by atoms with Gasteiger partial charge in [0.1, 0.15) is 0 Å². The van der Waals surface area contributed by atoms with Crippen molar-refractivity contribution in [1.29, 1.82) is 0 Å². The van der Waals surface area contributed by atoms with Gasteiger partial charge < -0.3 is 24.5 Å². The van der Waals surface area contributed by atoms with E-state index in [1.807, 2.05) is 13.8 Å². The van der Waals surface area contributed by atoms with Gasteiger partial charge in [0.2, 0.25) is 0 Å². The van der Waals surface area contributed by atoms with Gasteiger partial charge in [-0.25, -0.2) is 0 Å². The van der Waals surface area contributed by atoms with Gasteiger partial charge in [-0.2, -0.15) is 0 Å². The van der Waals surface area contributed by atoms with Crippen molar-refractivity contribution >= 4 is 11.9 Å². The second kappa shape index (κ2) is 8.90. The van der Waals surface area contributed by atoms with Gasteiger partial charge in [0, 0.05) is 13.2 Å². The summed E-state index contributed by atoms with van der Waals surface area (Å²) in [6.45, 7) is 5.67. The van der Waals surface area contributed by atoms with Crippen LogP contribution in [0.2, 0.25) is 0 Å². The molecular weight excluding hydrogens is 152 g/mol. The minimum Gasteiger partial charge on any atom is -0.543 e. The van der Waals surface area contributed by atoms with E-state index in [1.54, 1.807) is 0 Å². The first-order valence-corrected chi connectivity index (χ1v) is 3.06. The highest BCUT2D eigenvalue weighted by Gasteiger charge is 1.75. The van der Waals surface area contributed by atoms with E-state index in [2.05, 4.69) is 0 Å². The van der Waals surface area contributed by atoms with E-state index in [9.17, 15) is 0 Å². The van der Waals surface area contributed by atoms with E-state index in [1.165, 1.54) is 0 Å². The maximum atomic E-state index is 8.93. The fraction of sp³-hybridized carbons (Fsp3) is 0.667. The van der Waals surface area contributed by atoms with Crippen LogP contribution >= 0.6 is 0 Å². The Hall–Kier alpha value is -1.10. The highest BCUT2D eigenvalue weighted by Crippen LogP contribution is 1.64. The van der Waals surface area contributed by atoms with Crippen LogP contribution in [0.25, 0.3) is 0 Å². The number of hydrogen-bond donors (Lipinski definition) is 0. The fourth-order valence-corrected chi connectivity index (χ4v) is 0.204. The first-order chi connectivity index (χ1) is 5.06. The molecule has 0 aromatic carbocycles. The summed E-state index contributed by atoms with van der Waals surface area (Å²) in [6, 6.07) is 0. The second-order valence-corrected chi connectivity index (χ2v) is 1.36. The maximum Gasteiger partial charge on any atom is 0.0870 e. The lowest BCUT2D eigenvalue weighted by Gasteiger charge is -1.97. The molecule has 5 heteroatoms. The molecule has 0 bridgehead atoms. The summed E-state index contributed by atoms with van der Waals surface area (Å²) in [5.74, 6) is -4.37. The molecule has 0 N–H and O–H groups in total. The molecule has 0 aromatic rings. The molecule has 0 radical (unpaired) electrons. The smallest absolute Gasteiger partial charge is 0.0870 e. The van der Waals surface area contributed by atoms with E-state index >= 15 is 0 Å². The molecule has 0 fully saturated rings. The molecule has 0 aliphatic heterocycles. The SMILES string of the molecule is CCOCC.O=C([O-])C(=O)[O-]. The Morgan fingerprint density at radius 2 is 1.36 bits per heavy atom. The fourth-order valence-electron chi connectivity index (χ4n) is 0.204. The topological polar surface area (TPSA) is 89.5 Å². The van der Waals surface area contributed by atoms with E-state index in [0.29, 0.717) is 0 Å². The summed E-state index contributed by atoms with van der Waals surface area (Å²) in [5.41, 5.74) is 0. The van der Waals surface area contributed by atoms with Crippen LogP contribution in [0.4, 0.5) is 0 Å². The number of aliphatic carboxylic acids is 2. The van der Waals surface area contributed by atoms with Gasteiger partial charge in [-0.05, 0) is 13.8 Å². The molecule has 0 aliphatic carbocycles. The van der Waals surface area contributed by atoms with Gasteiger partial charge in [-0.15, -0.1) is 0 Å². The van der Waals surface area contributed by atoms with Crippen LogP contribution in [-0.4, -0.2) is 25.2 Å². The minimum absolute atomic E-state index is 0.844. The number of hydrogen-bond acceptors (Lipinski definition) is 5. The number of carboxylic acid groups (broad SMARTS) is 2. The molecule has 66 valence electrons. The molecule has 0 amide bonds. The van der Waals surface area contributed by atoms with Crippen LogP contribution in [0, 0.1) is 0 Å². The highest BCUT2D eigenvalue weighted by atomic mass is 16.5. The Bertz CT molecular complexity index is 106. The number of carbonyl (C=O) groups excluding carboxylic acids is 2. The van der Waals surface area contributed by atoms with Crippen LogP contribution in [-0.2, 0) is 14.3 Å². The molecule has 0 saturated heterocycles. The Kier molecular flexibility index (Phi) is 10.2. The summed E-state index contributed by atoms with van der Waals surface area (Å²) >= 11 is 0. The van der Waals surface area contributed by atoms with Crippen molar-refractivity contribution in [3.63, 3.8) is 0 Å². The summed E-state index contributed by atoms with van der Waals surface area (Å²) in [7, 11) is 0. The standard InChI is InChI=1S/C4H10O.C2H2O4/c1-3-5-4-2;3-1(4)2(5)6/h3-4H2,1-2H3;(H,3,4)(H,5,6)/p-2. The Morgan fingerprint density at radius 1 is 1.09 bits per heavy atom. The molecule has 0 aliphatic rings. The number of carbonyl (C=O) groups is 2. The molecular formula is C6H10O5-2. The maximum absolute atomic E-state index is 8.93. The van der Waals surface area contributed by atoms with Gasteiger partial charge in [0.15, 0.2) is 0 Å². The summed E-state index contributed by atoms with van der Waals surface area (Å²) in [4.78, 5) is 17.9. The number of carboxylic acids is 2. The van der Waals surface area contributed by atoms with Crippen LogP contribution in [0.1, 0.15) is 13.8 Å². The summed E-state index contributed by atoms with van der Waals surface area (Å²) in [5, 5.41) is 17.9. The Morgan fingerprint density at radius 3 is 1.36 bits per heavy atom. The minimum atomic E-state index is -2.19. The van der Waals surface area contributed by atoms with Crippen LogP contribution < -0.4 is 10.2 Å². The zero-order valence-corrected chi connectivity index (χ0v) is 6.46. The third kappa shape index (κ3) is 17.6. The van der Waals surface area contributed by atoms with E-state index in [4.69, 9.17) is 24.5 Å². The Labute approximate surface area is 64.6 Å². The second-order valence-electron chi connectivity index (χ2n) is 1.36. The molecule has 0 heterocycles. The molecule has 0 unspecified atom stereocenters. The lowest BCUT2D eigenvalue weighted by atomic mass is 10.7. The molecule has 0 saturated carbocycles. The average molecular weight is 162 g/mol. The third-order valence-electron chi connectivity index (χ3n) is 0.575. The zero-order valence-electron chi connectivity index (χ0n) is 6.46. The van der Waals surface area contributed by atoms with E-state index in [0.717, 1.165) is 13.2 Å². The highest BCUT2D eigenvalue weighted by molar-refractivity contribution is 6.25. The number of ether oxygens (including phenoxy) is 1. The van der Waals surface area contributed by atoms with Crippen molar-refractivity contribution in [2.24, 2.45) is 0 Å². The monoisotopic (exact) mass is 162 g/mol. The third-order valence-corrected chi connectivity index (χ3v) is 0.575. The molecule has 5 nitrogen and oxygen atoms in total. The normalized spacial score (nSPS) is 7.82. The molecule has 11 heavy (non-hydrogen) atoms. The summed E-state index contributed by atoms with van der Waals surface area (Å²) < 4.78 is 4.83. The van der Waals surface area contributed by atoms with E-state index < -0.39 is 11.9 Å². The molecule has 0 atom stereocenters. The van der Waals surface area contributed by atoms with Crippen molar-refractivity contribution < 1.29 is 24.5 Å². The quantitative estimate of drug-likeness (QED) is 0.420. The zero-order chi connectivity index (χ0) is 9.28. The van der Waals surface area contributed by atoms with Crippen LogP contribution in [0.15, 0.2) is 0 Å². The molecule has 0 rings (SSSR count). The first-order valence-electron chi connectivity index (χ1n) is 3.06. The first kappa shape index (κ1) is 12.6. The predicted molar refractivity (Wildman–Crippen MR) is 32.2 cm³/mol. The van der Waals surface area contributed by atoms with Gasteiger partial charge in [0.05, 0.1) is 11.9 Å². The van der Waals surface area contributed by atoms with Gasteiger partial charge in [-0.3, -0.25) is 0 Å². The lowest BCUT2D eigenvalue weighted by molar-refractivity contribution is -0.345. The van der Waals surface area contributed by atoms with Crippen molar-refractivity contribution in [2.75, 3.05) is 13.2 Å². The van der Waals surface area contributed by atoms with Gasteiger partial charge in [-0.1, -0.05) is 0 Å². The van der Waals surface area contributed by atoms with Crippen molar-refractivity contribution in [2.45, 2.75) is 13.8 Å². The van der Waals surface area contributed by atoms with Crippen molar-refractivity contribution in [3.05, 3.63) is 0 Å². The predicted octanol–water partition coefficient (Wildman–Crippen LogP) is -2.47. The largest absolute Gasteiger partial charge is 0.543 e. The molecule has 0 spiro atoms. The van der Waals surface area contributed by atoms with Crippen LogP contribution in [0.3, 0.4) is 0 Å². The van der Waals surface area contributed by atoms with Crippen molar-refractivity contribution in [3.8, 4) is 0 Å². The van der Waals surface area contributed by atoms with Crippen LogP contribution in [0.5, 0.6) is 0 Å². The van der Waals surface area contributed by atoms with Crippen molar-refractivity contribution in [1.82, 2.24) is 0 Å². The van der Waals surface area contributed by atoms with E-state index in [-0.39, 0.29) is 0 Å². The van der Waals surface area contributed by atoms with Gasteiger partial charge in [0.25, 0.3) is 0 Å². The Balaban J connectivity index is 0.